The first-order valence-electron chi connectivity index (χ1n) is 7.77. The normalized spacial score (nSPS) is 13.2. The fourth-order valence-electron chi connectivity index (χ4n) is 2.75. The Hall–Kier alpha value is -1.89. The molecule has 0 aliphatic rings. The molecule has 0 saturated carbocycles. The molecule has 0 bridgehead atoms. The van der Waals surface area contributed by atoms with Crippen LogP contribution < -0.4 is 17.0 Å². The lowest BCUT2D eigenvalue weighted by molar-refractivity contribution is 0.468. The van der Waals surface area contributed by atoms with Crippen molar-refractivity contribution in [3.63, 3.8) is 0 Å². The first-order chi connectivity index (χ1) is 10.3. The number of imidazole rings is 1. The van der Waals surface area contributed by atoms with E-state index in [-0.39, 0.29) is 29.9 Å². The summed E-state index contributed by atoms with van der Waals surface area (Å²) in [4.78, 5) is 30.1. The third-order valence-electron chi connectivity index (χ3n) is 4.00. The summed E-state index contributed by atoms with van der Waals surface area (Å²) in [5.41, 5.74) is 5.96. The summed E-state index contributed by atoms with van der Waals surface area (Å²) in [5, 5.41) is 0. The van der Waals surface area contributed by atoms with Gasteiger partial charge in [0, 0.05) is 26.1 Å². The summed E-state index contributed by atoms with van der Waals surface area (Å²) in [7, 11) is 1.83. The fraction of sp³-hybridized carbons (Fsp3) is 0.667. The van der Waals surface area contributed by atoms with Crippen LogP contribution in [0, 0.1) is 0 Å². The maximum Gasteiger partial charge on any atom is 0.333 e. The summed E-state index contributed by atoms with van der Waals surface area (Å²) in [6.07, 6.45) is 1.69. The van der Waals surface area contributed by atoms with Crippen molar-refractivity contribution in [1.82, 2.24) is 18.7 Å². The number of rotatable bonds is 5. The summed E-state index contributed by atoms with van der Waals surface area (Å²) >= 11 is 0. The first kappa shape index (κ1) is 16.5. The zero-order chi connectivity index (χ0) is 16.6. The molecule has 0 aromatic carbocycles. The largest absolute Gasteiger partial charge is 0.333 e. The van der Waals surface area contributed by atoms with Gasteiger partial charge in [-0.1, -0.05) is 6.92 Å². The Morgan fingerprint density at radius 2 is 1.82 bits per heavy atom. The topological polar surface area (TPSA) is 87.8 Å². The zero-order valence-corrected chi connectivity index (χ0v) is 14.0. The average molecular weight is 307 g/mol. The number of hydrogen-bond donors (Lipinski definition) is 1. The molecule has 2 aromatic rings. The molecule has 2 N–H and O–H groups in total. The van der Waals surface area contributed by atoms with E-state index in [0.29, 0.717) is 11.2 Å². The van der Waals surface area contributed by atoms with Crippen molar-refractivity contribution in [1.29, 1.82) is 0 Å². The molecule has 0 aliphatic carbocycles. The molecular weight excluding hydrogens is 282 g/mol. The predicted octanol–water partition coefficient (Wildman–Crippen LogP) is 0.950. The predicted molar refractivity (Wildman–Crippen MR) is 87.4 cm³/mol. The van der Waals surface area contributed by atoms with Crippen LogP contribution in [0.2, 0.25) is 0 Å². The molecule has 1 unspecified atom stereocenters. The summed E-state index contributed by atoms with van der Waals surface area (Å²) in [5.74, 6) is 0.821. The lowest BCUT2D eigenvalue weighted by atomic mass is 10.3. The molecule has 1 atom stereocenters. The number of hydrogen-bond acceptors (Lipinski definition) is 4. The minimum atomic E-state index is -0.348. The van der Waals surface area contributed by atoms with Crippen molar-refractivity contribution < 1.29 is 0 Å². The third-order valence-corrected chi connectivity index (χ3v) is 4.00. The van der Waals surface area contributed by atoms with Gasteiger partial charge in [-0.05, 0) is 27.2 Å². The minimum Gasteiger partial charge on any atom is -0.328 e. The van der Waals surface area contributed by atoms with Gasteiger partial charge < -0.3 is 10.3 Å². The Bertz CT molecular complexity index is 797. The van der Waals surface area contributed by atoms with Gasteiger partial charge in [0.15, 0.2) is 11.2 Å². The first-order valence-corrected chi connectivity index (χ1v) is 7.77. The van der Waals surface area contributed by atoms with E-state index in [0.717, 1.165) is 18.7 Å². The van der Waals surface area contributed by atoms with Gasteiger partial charge in [-0.25, -0.2) is 9.78 Å². The van der Waals surface area contributed by atoms with Gasteiger partial charge in [-0.2, -0.15) is 0 Å². The van der Waals surface area contributed by atoms with Crippen molar-refractivity contribution in [2.75, 3.05) is 6.54 Å². The molecule has 2 aromatic heterocycles. The molecule has 0 aliphatic heterocycles. The molecule has 22 heavy (non-hydrogen) atoms. The van der Waals surface area contributed by atoms with Gasteiger partial charge >= 0.3 is 5.69 Å². The van der Waals surface area contributed by atoms with E-state index in [1.54, 1.807) is 16.1 Å². The summed E-state index contributed by atoms with van der Waals surface area (Å²) < 4.78 is 4.64. The number of aromatic nitrogens is 4. The van der Waals surface area contributed by atoms with Crippen LogP contribution in [0.3, 0.4) is 0 Å². The van der Waals surface area contributed by atoms with Crippen LogP contribution in [-0.2, 0) is 13.5 Å². The highest BCUT2D eigenvalue weighted by molar-refractivity contribution is 5.71. The molecule has 0 amide bonds. The number of nitrogens with two attached hydrogens (primary N) is 1. The van der Waals surface area contributed by atoms with Gasteiger partial charge in [0.1, 0.15) is 5.82 Å². The van der Waals surface area contributed by atoms with Crippen LogP contribution in [0.5, 0.6) is 0 Å². The molecule has 0 spiro atoms. The Morgan fingerprint density at radius 1 is 1.18 bits per heavy atom. The highest BCUT2D eigenvalue weighted by Gasteiger charge is 2.22. The van der Waals surface area contributed by atoms with E-state index in [9.17, 15) is 9.59 Å². The lowest BCUT2D eigenvalue weighted by Crippen LogP contribution is -2.44. The van der Waals surface area contributed by atoms with E-state index < -0.39 is 0 Å². The van der Waals surface area contributed by atoms with E-state index in [1.807, 2.05) is 20.9 Å². The van der Waals surface area contributed by atoms with Crippen LogP contribution in [-0.4, -0.2) is 25.2 Å². The van der Waals surface area contributed by atoms with E-state index in [4.69, 9.17) is 5.73 Å². The van der Waals surface area contributed by atoms with Gasteiger partial charge in [0.2, 0.25) is 0 Å². The Morgan fingerprint density at radius 3 is 2.32 bits per heavy atom. The summed E-state index contributed by atoms with van der Waals surface area (Å²) in [6.45, 7) is 7.90. The smallest absolute Gasteiger partial charge is 0.328 e. The second-order valence-electron chi connectivity index (χ2n) is 6.02. The van der Waals surface area contributed by atoms with Gasteiger partial charge in [0.25, 0.3) is 5.56 Å². The number of aryl methyl sites for hydroxylation is 2. The maximum atomic E-state index is 12.8. The Balaban J connectivity index is 2.99. The zero-order valence-electron chi connectivity index (χ0n) is 14.0. The van der Waals surface area contributed by atoms with Crippen molar-refractivity contribution in [2.24, 2.45) is 12.8 Å². The van der Waals surface area contributed by atoms with Crippen LogP contribution in [0.4, 0.5) is 0 Å². The van der Waals surface area contributed by atoms with Crippen LogP contribution in [0.25, 0.3) is 11.2 Å². The Labute approximate surface area is 129 Å². The second-order valence-corrected chi connectivity index (χ2v) is 6.02. The van der Waals surface area contributed by atoms with Gasteiger partial charge in [-0.15, -0.1) is 0 Å². The third kappa shape index (κ3) is 2.39. The molecular formula is C15H25N5O2. The molecule has 2 rings (SSSR count). The fourth-order valence-corrected chi connectivity index (χ4v) is 2.75. The van der Waals surface area contributed by atoms with Gasteiger partial charge in [0.05, 0.1) is 6.04 Å². The van der Waals surface area contributed by atoms with Crippen molar-refractivity contribution in [2.45, 2.75) is 52.6 Å². The van der Waals surface area contributed by atoms with E-state index in [1.165, 1.54) is 4.57 Å². The quantitative estimate of drug-likeness (QED) is 0.891. The highest BCUT2D eigenvalue weighted by Crippen LogP contribution is 2.15. The second kappa shape index (κ2) is 6.08. The Kier molecular flexibility index (Phi) is 4.55. The number of fused-ring (bicyclic) bond motifs is 1. The van der Waals surface area contributed by atoms with Crippen molar-refractivity contribution in [3.05, 3.63) is 26.7 Å². The average Bonchev–Trinajstić information content (AvgIpc) is 2.76. The highest BCUT2D eigenvalue weighted by atomic mass is 16.2. The summed E-state index contributed by atoms with van der Waals surface area (Å²) in [6, 6.07) is -0.435. The lowest BCUT2D eigenvalue weighted by Gasteiger charge is -2.17. The maximum absolute atomic E-state index is 12.8. The van der Waals surface area contributed by atoms with Crippen molar-refractivity contribution >= 4 is 11.2 Å². The minimum absolute atomic E-state index is 0.0869. The standard InChI is InChI=1S/C15H25N5O2/c1-6-7-11-17-13-12(18(11)5)14(21)20(10(4)8-16)15(22)19(13)9(2)3/h9-10H,6-8,16H2,1-5H3. The molecule has 0 saturated heterocycles. The number of nitrogens with zero attached hydrogens (tertiary/aromatic N) is 4. The van der Waals surface area contributed by atoms with Crippen LogP contribution in [0.1, 0.15) is 52.0 Å². The molecule has 0 fully saturated rings. The molecule has 7 nitrogen and oxygen atoms in total. The van der Waals surface area contributed by atoms with E-state index in [2.05, 4.69) is 11.9 Å². The molecule has 122 valence electrons. The SMILES string of the molecule is CCCc1nc2c(c(=O)n(C(C)CN)c(=O)n2C(C)C)n1C. The van der Waals surface area contributed by atoms with Crippen LogP contribution in [0.15, 0.2) is 9.59 Å². The monoisotopic (exact) mass is 307 g/mol. The molecule has 7 heteroatoms. The van der Waals surface area contributed by atoms with Crippen molar-refractivity contribution in [3.8, 4) is 0 Å². The van der Waals surface area contributed by atoms with Crippen LogP contribution >= 0.6 is 0 Å². The molecule has 0 radical (unpaired) electrons. The molecule has 2 heterocycles. The van der Waals surface area contributed by atoms with Gasteiger partial charge in [-0.3, -0.25) is 13.9 Å². The van der Waals surface area contributed by atoms with E-state index >= 15 is 0 Å².